The molecular formula is C20H26F3N3O2. The van der Waals surface area contributed by atoms with Crippen LogP contribution in [0.2, 0.25) is 0 Å². The molecule has 1 aliphatic carbocycles. The van der Waals surface area contributed by atoms with Crippen LogP contribution in [-0.2, 0) is 21.1 Å². The molecule has 0 aromatic heterocycles. The molecule has 3 rings (SSSR count). The van der Waals surface area contributed by atoms with Crippen LogP contribution in [0.4, 0.5) is 13.2 Å². The number of esters is 1. The number of likely N-dealkylation sites (tertiary alicyclic amines) is 1. The van der Waals surface area contributed by atoms with Crippen molar-refractivity contribution in [2.45, 2.75) is 31.4 Å². The Morgan fingerprint density at radius 2 is 2.07 bits per heavy atom. The van der Waals surface area contributed by atoms with E-state index < -0.39 is 11.7 Å². The summed E-state index contributed by atoms with van der Waals surface area (Å²) < 4.78 is 44.0. The molecule has 2 atom stereocenters. The number of guanidine groups is 1. The Hall–Kier alpha value is -2.25. The highest BCUT2D eigenvalue weighted by Gasteiger charge is 2.46. The van der Waals surface area contributed by atoms with E-state index in [1.54, 1.807) is 13.1 Å². The van der Waals surface area contributed by atoms with E-state index in [-0.39, 0.29) is 23.2 Å². The fraction of sp³-hybridized carbons (Fsp3) is 0.600. The molecule has 1 aromatic rings. The van der Waals surface area contributed by atoms with Crippen LogP contribution in [0.5, 0.6) is 0 Å². The Bertz CT molecular complexity index is 759. The number of methoxy groups -OCH3 is 1. The largest absolute Gasteiger partial charge is 0.469 e. The van der Waals surface area contributed by atoms with Crippen molar-refractivity contribution in [3.05, 3.63) is 35.4 Å². The molecule has 1 saturated carbocycles. The van der Waals surface area contributed by atoms with Crippen molar-refractivity contribution in [3.8, 4) is 0 Å². The van der Waals surface area contributed by atoms with Crippen molar-refractivity contribution in [3.63, 3.8) is 0 Å². The molecule has 0 radical (unpaired) electrons. The highest BCUT2D eigenvalue weighted by Crippen LogP contribution is 2.48. The van der Waals surface area contributed by atoms with Crippen LogP contribution in [0.15, 0.2) is 29.3 Å². The number of benzene rings is 1. The maximum atomic E-state index is 13.0. The number of carbonyl (C=O) groups is 1. The Morgan fingerprint density at radius 3 is 2.64 bits per heavy atom. The van der Waals surface area contributed by atoms with Crippen LogP contribution in [0.1, 0.15) is 30.9 Å². The minimum absolute atomic E-state index is 0.143. The van der Waals surface area contributed by atoms with Crippen molar-refractivity contribution < 1.29 is 22.7 Å². The Morgan fingerprint density at radius 1 is 1.36 bits per heavy atom. The second-order valence-electron chi connectivity index (χ2n) is 7.77. The second kappa shape index (κ2) is 7.64. The number of nitrogens with zero attached hydrogens (tertiary/aromatic N) is 2. The molecule has 1 heterocycles. The lowest BCUT2D eigenvalue weighted by Gasteiger charge is -2.25. The molecule has 1 aliphatic heterocycles. The monoisotopic (exact) mass is 397 g/mol. The number of halogens is 3. The Kier molecular flexibility index (Phi) is 5.59. The van der Waals surface area contributed by atoms with Gasteiger partial charge >= 0.3 is 12.1 Å². The van der Waals surface area contributed by atoms with Crippen LogP contribution in [0, 0.1) is 11.8 Å². The molecule has 2 fully saturated rings. The molecule has 5 nitrogen and oxygen atoms in total. The predicted molar refractivity (Wildman–Crippen MR) is 100.0 cm³/mol. The minimum Gasteiger partial charge on any atom is -0.469 e. The van der Waals surface area contributed by atoms with Gasteiger partial charge in [0.05, 0.1) is 18.6 Å². The third-order valence-corrected chi connectivity index (χ3v) is 5.87. The molecule has 28 heavy (non-hydrogen) atoms. The molecule has 1 saturated heterocycles. The Labute approximate surface area is 163 Å². The predicted octanol–water partition coefficient (Wildman–Crippen LogP) is 3.05. The standard InChI is InChI=1S/C20H26F3N3O2/c1-13-10-26(11-16(13)17(27)28-3)18(24-2)25-12-19(7-8-19)14-5-4-6-15(9-14)20(21,22)23/h4-6,9,13,16H,7-8,10-12H2,1-3H3,(H,24,25). The van der Waals surface area contributed by atoms with Gasteiger partial charge in [0.25, 0.3) is 0 Å². The van der Waals surface area contributed by atoms with E-state index >= 15 is 0 Å². The van der Waals surface area contributed by atoms with Crippen LogP contribution < -0.4 is 5.32 Å². The van der Waals surface area contributed by atoms with Crippen molar-refractivity contribution in [2.24, 2.45) is 16.8 Å². The topological polar surface area (TPSA) is 53.9 Å². The van der Waals surface area contributed by atoms with Crippen LogP contribution >= 0.6 is 0 Å². The van der Waals surface area contributed by atoms with E-state index in [9.17, 15) is 18.0 Å². The first kappa shape index (κ1) is 20.5. The van der Waals surface area contributed by atoms with E-state index in [1.807, 2.05) is 11.8 Å². The van der Waals surface area contributed by atoms with Gasteiger partial charge in [-0.3, -0.25) is 9.79 Å². The number of aliphatic imine (C=N–C) groups is 1. The maximum absolute atomic E-state index is 13.0. The summed E-state index contributed by atoms with van der Waals surface area (Å²) in [5.74, 6) is 0.371. The second-order valence-corrected chi connectivity index (χ2v) is 7.77. The first-order valence-corrected chi connectivity index (χ1v) is 9.41. The molecular weight excluding hydrogens is 371 g/mol. The van der Waals surface area contributed by atoms with Gasteiger partial charge < -0.3 is 15.0 Å². The van der Waals surface area contributed by atoms with Gasteiger partial charge in [0.2, 0.25) is 0 Å². The lowest BCUT2D eigenvalue weighted by Crippen LogP contribution is -2.43. The van der Waals surface area contributed by atoms with Crippen molar-refractivity contribution >= 4 is 11.9 Å². The summed E-state index contributed by atoms with van der Waals surface area (Å²) in [5.41, 5.74) is -0.216. The van der Waals surface area contributed by atoms with E-state index in [0.717, 1.165) is 18.9 Å². The minimum atomic E-state index is -4.34. The third-order valence-electron chi connectivity index (χ3n) is 5.87. The van der Waals surface area contributed by atoms with Gasteiger partial charge in [0, 0.05) is 32.1 Å². The SMILES string of the molecule is CN=C(NCC1(c2cccc(C(F)(F)F)c2)CC1)N1CC(C)C(C(=O)OC)C1. The van der Waals surface area contributed by atoms with E-state index in [1.165, 1.54) is 19.2 Å². The van der Waals surface area contributed by atoms with Gasteiger partial charge in [-0.1, -0.05) is 25.1 Å². The lowest BCUT2D eigenvalue weighted by atomic mass is 9.94. The average molecular weight is 397 g/mol. The average Bonchev–Trinajstić information content (AvgIpc) is 3.36. The highest BCUT2D eigenvalue weighted by atomic mass is 19.4. The fourth-order valence-electron chi connectivity index (χ4n) is 3.92. The number of rotatable bonds is 4. The smallest absolute Gasteiger partial charge is 0.416 e. The number of carbonyl (C=O) groups excluding carboxylic acids is 1. The van der Waals surface area contributed by atoms with Gasteiger partial charge in [0.15, 0.2) is 5.96 Å². The number of ether oxygens (including phenoxy) is 1. The summed E-state index contributed by atoms with van der Waals surface area (Å²) >= 11 is 0. The van der Waals surface area contributed by atoms with Gasteiger partial charge in [-0.05, 0) is 30.4 Å². The van der Waals surface area contributed by atoms with Crippen LogP contribution in [0.25, 0.3) is 0 Å². The van der Waals surface area contributed by atoms with Crippen molar-refractivity contribution in [1.29, 1.82) is 0 Å². The summed E-state index contributed by atoms with van der Waals surface area (Å²) in [4.78, 5) is 18.2. The van der Waals surface area contributed by atoms with Gasteiger partial charge in [-0.25, -0.2) is 0 Å². The first-order chi connectivity index (χ1) is 13.2. The molecule has 154 valence electrons. The fourth-order valence-corrected chi connectivity index (χ4v) is 3.92. The zero-order chi connectivity index (χ0) is 20.5. The van der Waals surface area contributed by atoms with Gasteiger partial charge in [0.1, 0.15) is 0 Å². The van der Waals surface area contributed by atoms with E-state index in [0.29, 0.717) is 31.2 Å². The molecule has 1 N–H and O–H groups in total. The van der Waals surface area contributed by atoms with E-state index in [4.69, 9.17) is 4.74 Å². The maximum Gasteiger partial charge on any atom is 0.416 e. The van der Waals surface area contributed by atoms with E-state index in [2.05, 4.69) is 10.3 Å². The summed E-state index contributed by atoms with van der Waals surface area (Å²) in [5, 5.41) is 3.31. The van der Waals surface area contributed by atoms with Crippen molar-refractivity contribution in [1.82, 2.24) is 10.2 Å². The molecule has 0 spiro atoms. The first-order valence-electron chi connectivity index (χ1n) is 9.41. The zero-order valence-corrected chi connectivity index (χ0v) is 16.3. The molecule has 0 bridgehead atoms. The summed E-state index contributed by atoms with van der Waals surface area (Å²) in [7, 11) is 3.05. The molecule has 0 amide bonds. The third kappa shape index (κ3) is 4.10. The van der Waals surface area contributed by atoms with Gasteiger partial charge in [-0.15, -0.1) is 0 Å². The summed E-state index contributed by atoms with van der Waals surface area (Å²) in [6.45, 7) is 3.70. The number of nitrogens with one attached hydrogen (secondary N) is 1. The van der Waals surface area contributed by atoms with Crippen LogP contribution in [-0.4, -0.2) is 50.6 Å². The molecule has 1 aromatic carbocycles. The lowest BCUT2D eigenvalue weighted by molar-refractivity contribution is -0.146. The summed E-state index contributed by atoms with van der Waals surface area (Å²) in [6, 6.07) is 5.58. The number of hydrogen-bond acceptors (Lipinski definition) is 3. The number of hydrogen-bond donors (Lipinski definition) is 1. The number of alkyl halides is 3. The zero-order valence-electron chi connectivity index (χ0n) is 16.3. The van der Waals surface area contributed by atoms with Crippen molar-refractivity contribution in [2.75, 3.05) is 33.8 Å². The quantitative estimate of drug-likeness (QED) is 0.482. The normalized spacial score (nSPS) is 24.2. The highest BCUT2D eigenvalue weighted by molar-refractivity contribution is 5.82. The molecule has 2 unspecified atom stereocenters. The molecule has 2 aliphatic rings. The summed E-state index contributed by atoms with van der Waals surface area (Å²) in [6.07, 6.45) is -2.68. The molecule has 8 heteroatoms. The Balaban J connectivity index is 1.67. The van der Waals surface area contributed by atoms with Gasteiger partial charge in [-0.2, -0.15) is 13.2 Å². The van der Waals surface area contributed by atoms with Crippen LogP contribution in [0.3, 0.4) is 0 Å².